The number of aromatic nitrogens is 2. The number of ether oxygens (including phenoxy) is 1. The van der Waals surface area contributed by atoms with Gasteiger partial charge in [0, 0.05) is 7.05 Å². The van der Waals surface area contributed by atoms with Crippen molar-refractivity contribution in [3.05, 3.63) is 52.3 Å². The van der Waals surface area contributed by atoms with Gasteiger partial charge in [0.2, 0.25) is 0 Å². The van der Waals surface area contributed by atoms with E-state index in [4.69, 9.17) is 22.1 Å². The topological polar surface area (TPSA) is 53.1 Å². The Bertz CT molecular complexity index is 577. The lowest BCUT2D eigenvalue weighted by molar-refractivity contribution is 0.0224. The van der Waals surface area contributed by atoms with Gasteiger partial charge < -0.3 is 10.5 Å². The number of nitrogens with two attached hydrogens (primary N) is 1. The van der Waals surface area contributed by atoms with Crippen LogP contribution in [0.2, 0.25) is 5.02 Å². The van der Waals surface area contributed by atoms with Gasteiger partial charge in [0.05, 0.1) is 29.6 Å². The standard InChI is InChI=1S/C14H16ClN3O/c1-18-13(11(15)8-17-18)12(16)14-10-5-3-2-4-9(10)6-7-19-14/h2-5,8,12,14H,6-7,16H2,1H3. The van der Waals surface area contributed by atoms with Crippen LogP contribution in [0.3, 0.4) is 0 Å². The maximum Gasteiger partial charge on any atom is 0.104 e. The highest BCUT2D eigenvalue weighted by molar-refractivity contribution is 6.31. The van der Waals surface area contributed by atoms with E-state index in [1.54, 1.807) is 10.9 Å². The van der Waals surface area contributed by atoms with Crippen molar-refractivity contribution >= 4 is 11.6 Å². The Morgan fingerprint density at radius 1 is 1.47 bits per heavy atom. The number of fused-ring (bicyclic) bond motifs is 1. The van der Waals surface area contributed by atoms with Gasteiger partial charge in [0.1, 0.15) is 6.10 Å². The van der Waals surface area contributed by atoms with E-state index < -0.39 is 0 Å². The SMILES string of the molecule is Cn1ncc(Cl)c1C(N)C1OCCc2ccccc21. The Balaban J connectivity index is 2.00. The fourth-order valence-corrected chi connectivity index (χ4v) is 2.95. The highest BCUT2D eigenvalue weighted by atomic mass is 35.5. The molecule has 3 rings (SSSR count). The van der Waals surface area contributed by atoms with Gasteiger partial charge in [0.25, 0.3) is 0 Å². The first-order valence-electron chi connectivity index (χ1n) is 6.31. The van der Waals surface area contributed by atoms with Crippen molar-refractivity contribution in [2.75, 3.05) is 6.61 Å². The van der Waals surface area contributed by atoms with Crippen LogP contribution in [-0.2, 0) is 18.2 Å². The molecule has 19 heavy (non-hydrogen) atoms. The van der Waals surface area contributed by atoms with E-state index in [2.05, 4.69) is 17.2 Å². The molecule has 4 nitrogen and oxygen atoms in total. The summed E-state index contributed by atoms with van der Waals surface area (Å²) >= 11 is 6.17. The second-order valence-corrected chi connectivity index (χ2v) is 5.17. The lowest BCUT2D eigenvalue weighted by Gasteiger charge is -2.30. The molecule has 2 atom stereocenters. The van der Waals surface area contributed by atoms with Crippen LogP contribution in [0.1, 0.15) is 29.0 Å². The molecule has 1 aromatic carbocycles. The van der Waals surface area contributed by atoms with Crippen LogP contribution in [-0.4, -0.2) is 16.4 Å². The molecule has 2 unspecified atom stereocenters. The minimum Gasteiger partial charge on any atom is -0.371 e. The lowest BCUT2D eigenvalue weighted by atomic mass is 9.92. The second-order valence-electron chi connectivity index (χ2n) is 4.77. The van der Waals surface area contributed by atoms with Crippen LogP contribution in [0.25, 0.3) is 0 Å². The van der Waals surface area contributed by atoms with Crippen LogP contribution >= 0.6 is 11.6 Å². The molecule has 0 amide bonds. The van der Waals surface area contributed by atoms with Gasteiger partial charge in [-0.1, -0.05) is 35.9 Å². The van der Waals surface area contributed by atoms with Gasteiger partial charge in [-0.2, -0.15) is 5.10 Å². The molecule has 1 aliphatic heterocycles. The van der Waals surface area contributed by atoms with Crippen molar-refractivity contribution in [2.45, 2.75) is 18.6 Å². The highest BCUT2D eigenvalue weighted by Gasteiger charge is 2.30. The average Bonchev–Trinajstić information content (AvgIpc) is 2.77. The maximum absolute atomic E-state index is 6.36. The number of hydrogen-bond donors (Lipinski definition) is 1. The van der Waals surface area contributed by atoms with E-state index in [-0.39, 0.29) is 12.1 Å². The zero-order valence-corrected chi connectivity index (χ0v) is 11.5. The van der Waals surface area contributed by atoms with Gasteiger partial charge in [-0.25, -0.2) is 0 Å². The molecule has 0 radical (unpaired) electrons. The summed E-state index contributed by atoms with van der Waals surface area (Å²) in [5.41, 5.74) is 9.62. The molecule has 100 valence electrons. The summed E-state index contributed by atoms with van der Waals surface area (Å²) in [6.45, 7) is 0.685. The van der Waals surface area contributed by atoms with Crippen molar-refractivity contribution in [1.29, 1.82) is 0 Å². The summed E-state index contributed by atoms with van der Waals surface area (Å²) in [4.78, 5) is 0. The zero-order valence-electron chi connectivity index (χ0n) is 10.7. The molecule has 2 heterocycles. The smallest absolute Gasteiger partial charge is 0.104 e. The molecule has 2 aromatic rings. The van der Waals surface area contributed by atoms with E-state index in [1.807, 2.05) is 19.2 Å². The number of aryl methyl sites for hydroxylation is 1. The van der Waals surface area contributed by atoms with Crippen molar-refractivity contribution in [3.8, 4) is 0 Å². The van der Waals surface area contributed by atoms with E-state index in [0.717, 1.165) is 17.7 Å². The lowest BCUT2D eigenvalue weighted by Crippen LogP contribution is -2.28. The number of nitrogens with zero attached hydrogens (tertiary/aromatic N) is 2. The number of hydrogen-bond acceptors (Lipinski definition) is 3. The van der Waals surface area contributed by atoms with Crippen molar-refractivity contribution in [1.82, 2.24) is 9.78 Å². The third-order valence-electron chi connectivity index (χ3n) is 3.61. The molecule has 5 heteroatoms. The van der Waals surface area contributed by atoms with Crippen LogP contribution < -0.4 is 5.73 Å². The third-order valence-corrected chi connectivity index (χ3v) is 3.90. The molecular formula is C14H16ClN3O. The van der Waals surface area contributed by atoms with E-state index in [9.17, 15) is 0 Å². The maximum atomic E-state index is 6.36. The Kier molecular flexibility index (Phi) is 3.31. The quantitative estimate of drug-likeness (QED) is 0.917. The van der Waals surface area contributed by atoms with Gasteiger partial charge >= 0.3 is 0 Å². The van der Waals surface area contributed by atoms with Gasteiger partial charge in [0.15, 0.2) is 0 Å². The summed E-state index contributed by atoms with van der Waals surface area (Å²) in [7, 11) is 1.84. The normalized spacial score (nSPS) is 20.1. The Morgan fingerprint density at radius 2 is 2.26 bits per heavy atom. The first-order valence-corrected chi connectivity index (χ1v) is 6.68. The van der Waals surface area contributed by atoms with Crippen LogP contribution in [0, 0.1) is 0 Å². The number of halogens is 1. The zero-order chi connectivity index (χ0) is 13.4. The first kappa shape index (κ1) is 12.7. The summed E-state index contributed by atoms with van der Waals surface area (Å²) in [5, 5.41) is 4.72. The first-order chi connectivity index (χ1) is 9.18. The molecular weight excluding hydrogens is 262 g/mol. The van der Waals surface area contributed by atoms with Crippen molar-refractivity contribution in [2.24, 2.45) is 12.8 Å². The Hall–Kier alpha value is -1.36. The minimum atomic E-state index is -0.318. The molecule has 0 saturated carbocycles. The molecule has 0 aliphatic carbocycles. The predicted octanol–water partition coefficient (Wildman–Crippen LogP) is 2.39. The average molecular weight is 278 g/mol. The highest BCUT2D eigenvalue weighted by Crippen LogP contribution is 2.37. The van der Waals surface area contributed by atoms with Crippen LogP contribution in [0.15, 0.2) is 30.5 Å². The van der Waals surface area contributed by atoms with E-state index >= 15 is 0 Å². The van der Waals surface area contributed by atoms with Gasteiger partial charge in [-0.3, -0.25) is 4.68 Å². The molecule has 1 aromatic heterocycles. The third kappa shape index (κ3) is 2.16. The molecule has 0 saturated heterocycles. The monoisotopic (exact) mass is 277 g/mol. The molecule has 0 spiro atoms. The Labute approximate surface area is 117 Å². The van der Waals surface area contributed by atoms with Crippen LogP contribution in [0.4, 0.5) is 0 Å². The molecule has 1 aliphatic rings. The number of rotatable bonds is 2. The molecule has 2 N–H and O–H groups in total. The summed E-state index contributed by atoms with van der Waals surface area (Å²) in [6.07, 6.45) is 2.38. The van der Waals surface area contributed by atoms with E-state index in [0.29, 0.717) is 11.6 Å². The fraction of sp³-hybridized carbons (Fsp3) is 0.357. The summed E-state index contributed by atoms with van der Waals surface area (Å²) in [5.74, 6) is 0. The summed E-state index contributed by atoms with van der Waals surface area (Å²) in [6, 6.07) is 7.94. The van der Waals surface area contributed by atoms with E-state index in [1.165, 1.54) is 5.56 Å². The largest absolute Gasteiger partial charge is 0.371 e. The van der Waals surface area contributed by atoms with Crippen molar-refractivity contribution < 1.29 is 4.74 Å². The summed E-state index contributed by atoms with van der Waals surface area (Å²) < 4.78 is 7.59. The Morgan fingerprint density at radius 3 is 3.00 bits per heavy atom. The molecule has 0 bridgehead atoms. The van der Waals surface area contributed by atoms with Gasteiger partial charge in [-0.15, -0.1) is 0 Å². The van der Waals surface area contributed by atoms with Crippen molar-refractivity contribution in [3.63, 3.8) is 0 Å². The second kappa shape index (κ2) is 4.96. The van der Waals surface area contributed by atoms with Crippen LogP contribution in [0.5, 0.6) is 0 Å². The molecule has 0 fully saturated rings. The minimum absolute atomic E-state index is 0.169. The fourth-order valence-electron chi connectivity index (χ4n) is 2.66. The van der Waals surface area contributed by atoms with Gasteiger partial charge in [-0.05, 0) is 17.5 Å². The predicted molar refractivity (Wildman–Crippen MR) is 74.0 cm³/mol. The number of benzene rings is 1.